The number of para-hydroxylation sites is 2. The lowest BCUT2D eigenvalue weighted by molar-refractivity contribution is -0.118. The number of anilines is 2. The van der Waals surface area contributed by atoms with E-state index in [-0.39, 0.29) is 19.1 Å². The number of hydrogen-bond acceptors (Lipinski definition) is 3. The first kappa shape index (κ1) is 15.1. The number of nitrogens with zero attached hydrogens (tertiary/aromatic N) is 1. The van der Waals surface area contributed by atoms with Crippen LogP contribution in [0.25, 0.3) is 0 Å². The van der Waals surface area contributed by atoms with Crippen LogP contribution in [0, 0.1) is 6.92 Å². The molecule has 0 unspecified atom stereocenters. The summed E-state index contributed by atoms with van der Waals surface area (Å²) < 4.78 is 0. The third-order valence-electron chi connectivity index (χ3n) is 3.46. The Hall–Kier alpha value is -2.33. The maximum atomic E-state index is 12.6. The van der Waals surface area contributed by atoms with Crippen LogP contribution in [0.1, 0.15) is 11.1 Å². The molecule has 0 aliphatic heterocycles. The molecular formula is C17H20N2O2. The van der Waals surface area contributed by atoms with E-state index in [9.17, 15) is 9.90 Å². The van der Waals surface area contributed by atoms with Crippen LogP contribution < -0.4 is 10.6 Å². The number of amides is 1. The lowest BCUT2D eigenvalue weighted by atomic mass is 10.0. The number of carbonyl (C=O) groups excluding carboxylic acids is 1. The summed E-state index contributed by atoms with van der Waals surface area (Å²) in [6.07, 6.45) is 0.293. The highest BCUT2D eigenvalue weighted by atomic mass is 16.3. The van der Waals surface area contributed by atoms with Gasteiger partial charge < -0.3 is 15.7 Å². The minimum absolute atomic E-state index is 0.0729. The van der Waals surface area contributed by atoms with Crippen molar-refractivity contribution < 1.29 is 9.90 Å². The molecule has 2 aromatic carbocycles. The average Bonchev–Trinajstić information content (AvgIpc) is 2.48. The molecule has 0 aromatic heterocycles. The molecule has 110 valence electrons. The summed E-state index contributed by atoms with van der Waals surface area (Å²) in [5, 5.41) is 9.22. The van der Waals surface area contributed by atoms with Crippen LogP contribution in [-0.2, 0) is 11.2 Å². The van der Waals surface area contributed by atoms with Gasteiger partial charge in [0.1, 0.15) is 0 Å². The number of carbonyl (C=O) groups is 1. The molecule has 4 heteroatoms. The highest BCUT2D eigenvalue weighted by Crippen LogP contribution is 2.23. The predicted octanol–water partition coefficient (Wildman–Crippen LogP) is 2.15. The summed E-state index contributed by atoms with van der Waals surface area (Å²) in [4.78, 5) is 14.1. The van der Waals surface area contributed by atoms with E-state index in [1.54, 1.807) is 17.0 Å². The quantitative estimate of drug-likeness (QED) is 0.827. The van der Waals surface area contributed by atoms with Crippen LogP contribution in [-0.4, -0.2) is 24.2 Å². The summed E-state index contributed by atoms with van der Waals surface area (Å²) in [7, 11) is 0. The van der Waals surface area contributed by atoms with E-state index >= 15 is 0 Å². The molecule has 0 bridgehead atoms. The van der Waals surface area contributed by atoms with Gasteiger partial charge in [-0.25, -0.2) is 0 Å². The van der Waals surface area contributed by atoms with Crippen LogP contribution in [0.3, 0.4) is 0 Å². The molecule has 0 saturated carbocycles. The SMILES string of the molecule is Cc1ccccc1CC(=O)N(CCO)c1ccccc1N. The third-order valence-corrected chi connectivity index (χ3v) is 3.46. The summed E-state index contributed by atoms with van der Waals surface area (Å²) in [6.45, 7) is 2.11. The zero-order valence-electron chi connectivity index (χ0n) is 12.1. The normalized spacial score (nSPS) is 10.4. The van der Waals surface area contributed by atoms with E-state index in [2.05, 4.69) is 0 Å². The second kappa shape index (κ2) is 6.90. The lowest BCUT2D eigenvalue weighted by Crippen LogP contribution is -2.35. The van der Waals surface area contributed by atoms with Crippen LogP contribution >= 0.6 is 0 Å². The maximum Gasteiger partial charge on any atom is 0.231 e. The highest BCUT2D eigenvalue weighted by molar-refractivity contribution is 5.97. The first-order valence-electron chi connectivity index (χ1n) is 6.93. The standard InChI is InChI=1S/C17H20N2O2/c1-13-6-2-3-7-14(13)12-17(21)19(10-11-20)16-9-5-4-8-15(16)18/h2-9,20H,10-12,18H2,1H3. The topological polar surface area (TPSA) is 66.6 Å². The number of rotatable bonds is 5. The van der Waals surface area contributed by atoms with Gasteiger partial charge in [-0.15, -0.1) is 0 Å². The zero-order chi connectivity index (χ0) is 15.2. The number of nitrogens with two attached hydrogens (primary N) is 1. The predicted molar refractivity (Wildman–Crippen MR) is 85.2 cm³/mol. The number of hydrogen-bond donors (Lipinski definition) is 2. The summed E-state index contributed by atoms with van der Waals surface area (Å²) in [5.41, 5.74) is 9.18. The molecular weight excluding hydrogens is 264 g/mol. The molecule has 1 amide bonds. The molecule has 2 rings (SSSR count). The van der Waals surface area contributed by atoms with E-state index in [0.29, 0.717) is 17.8 Å². The van der Waals surface area contributed by atoms with Gasteiger partial charge in [0.2, 0.25) is 5.91 Å². The van der Waals surface area contributed by atoms with E-state index in [1.807, 2.05) is 43.3 Å². The molecule has 0 aliphatic carbocycles. The third kappa shape index (κ3) is 3.61. The molecule has 0 saturated heterocycles. The van der Waals surface area contributed by atoms with Crippen LogP contribution in [0.2, 0.25) is 0 Å². The summed E-state index contributed by atoms with van der Waals surface area (Å²) >= 11 is 0. The van der Waals surface area contributed by atoms with E-state index in [0.717, 1.165) is 11.1 Å². The smallest absolute Gasteiger partial charge is 0.231 e. The zero-order valence-corrected chi connectivity index (χ0v) is 12.1. The Morgan fingerprint density at radius 1 is 1.14 bits per heavy atom. The fourth-order valence-corrected chi connectivity index (χ4v) is 2.28. The van der Waals surface area contributed by atoms with Crippen LogP contribution in [0.4, 0.5) is 11.4 Å². The first-order chi connectivity index (χ1) is 10.1. The van der Waals surface area contributed by atoms with Crippen molar-refractivity contribution in [3.8, 4) is 0 Å². The van der Waals surface area contributed by atoms with Gasteiger partial charge in [0.15, 0.2) is 0 Å². The van der Waals surface area contributed by atoms with Crippen molar-refractivity contribution in [1.82, 2.24) is 0 Å². The summed E-state index contributed by atoms with van der Waals surface area (Å²) in [5.74, 6) is -0.0729. The van der Waals surface area contributed by atoms with Gasteiger partial charge in [0.25, 0.3) is 0 Å². The highest BCUT2D eigenvalue weighted by Gasteiger charge is 2.18. The van der Waals surface area contributed by atoms with Crippen molar-refractivity contribution in [3.63, 3.8) is 0 Å². The number of aliphatic hydroxyl groups is 1. The first-order valence-corrected chi connectivity index (χ1v) is 6.93. The van der Waals surface area contributed by atoms with Crippen molar-refractivity contribution in [2.24, 2.45) is 0 Å². The van der Waals surface area contributed by atoms with E-state index in [4.69, 9.17) is 5.73 Å². The Labute approximate surface area is 124 Å². The minimum Gasteiger partial charge on any atom is -0.397 e. The van der Waals surface area contributed by atoms with E-state index < -0.39 is 0 Å². The molecule has 3 N–H and O–H groups in total. The lowest BCUT2D eigenvalue weighted by Gasteiger charge is -2.23. The number of aryl methyl sites for hydroxylation is 1. The van der Waals surface area contributed by atoms with Crippen molar-refractivity contribution >= 4 is 17.3 Å². The van der Waals surface area contributed by atoms with Crippen LogP contribution in [0.15, 0.2) is 48.5 Å². The largest absolute Gasteiger partial charge is 0.397 e. The van der Waals surface area contributed by atoms with Gasteiger partial charge in [-0.1, -0.05) is 36.4 Å². The van der Waals surface area contributed by atoms with Crippen molar-refractivity contribution in [2.45, 2.75) is 13.3 Å². The molecule has 0 aliphatic rings. The van der Waals surface area contributed by atoms with Gasteiger partial charge in [-0.2, -0.15) is 0 Å². The molecule has 0 radical (unpaired) electrons. The Morgan fingerprint density at radius 3 is 2.48 bits per heavy atom. The Morgan fingerprint density at radius 2 is 1.81 bits per heavy atom. The van der Waals surface area contributed by atoms with Crippen molar-refractivity contribution in [1.29, 1.82) is 0 Å². The monoisotopic (exact) mass is 284 g/mol. The summed E-state index contributed by atoms with van der Waals surface area (Å²) in [6, 6.07) is 15.0. The van der Waals surface area contributed by atoms with Gasteiger partial charge in [-0.05, 0) is 30.2 Å². The molecule has 4 nitrogen and oxygen atoms in total. The Bertz CT molecular complexity index is 626. The molecule has 0 fully saturated rings. The van der Waals surface area contributed by atoms with Gasteiger partial charge >= 0.3 is 0 Å². The molecule has 0 heterocycles. The number of benzene rings is 2. The van der Waals surface area contributed by atoms with Crippen molar-refractivity contribution in [2.75, 3.05) is 23.8 Å². The van der Waals surface area contributed by atoms with E-state index in [1.165, 1.54) is 0 Å². The van der Waals surface area contributed by atoms with Gasteiger partial charge in [0.05, 0.1) is 24.4 Å². The molecule has 0 atom stereocenters. The van der Waals surface area contributed by atoms with Gasteiger partial charge in [0, 0.05) is 6.54 Å². The average molecular weight is 284 g/mol. The number of aliphatic hydroxyl groups excluding tert-OH is 1. The van der Waals surface area contributed by atoms with Gasteiger partial charge in [-0.3, -0.25) is 4.79 Å². The molecule has 0 spiro atoms. The van der Waals surface area contributed by atoms with Crippen LogP contribution in [0.5, 0.6) is 0 Å². The second-order valence-electron chi connectivity index (χ2n) is 4.93. The molecule has 21 heavy (non-hydrogen) atoms. The Kier molecular flexibility index (Phi) is 4.95. The van der Waals surface area contributed by atoms with Crippen molar-refractivity contribution in [3.05, 3.63) is 59.7 Å². The number of nitrogen functional groups attached to an aromatic ring is 1. The fourth-order valence-electron chi connectivity index (χ4n) is 2.28. The second-order valence-corrected chi connectivity index (χ2v) is 4.93. The fraction of sp³-hybridized carbons (Fsp3) is 0.235. The Balaban J connectivity index is 2.25. The minimum atomic E-state index is -0.103. The molecule has 2 aromatic rings. The maximum absolute atomic E-state index is 12.6.